The smallest absolute Gasteiger partial charge is 0.185 e. The van der Waals surface area contributed by atoms with Crippen LogP contribution in [0, 0.1) is 11.8 Å². The molecule has 12 heavy (non-hydrogen) atoms. The Labute approximate surface area is 73.0 Å². The molecule has 0 saturated carbocycles. The van der Waals surface area contributed by atoms with Crippen LogP contribution in [0.3, 0.4) is 0 Å². The van der Waals surface area contributed by atoms with Crippen molar-refractivity contribution in [3.63, 3.8) is 0 Å². The fourth-order valence-corrected chi connectivity index (χ4v) is 0.813. The Balaban J connectivity index is 3.78. The second kappa shape index (κ2) is 5.57. The normalized spacial score (nSPS) is 14.8. The molecule has 0 rings (SSSR count). The van der Waals surface area contributed by atoms with Crippen molar-refractivity contribution in [2.75, 3.05) is 6.54 Å². The highest BCUT2D eigenvalue weighted by Crippen LogP contribution is 2.13. The Bertz CT molecular complexity index is 164. The second-order valence-electron chi connectivity index (χ2n) is 3.12. The van der Waals surface area contributed by atoms with Gasteiger partial charge in [0, 0.05) is 13.0 Å². The molecule has 0 aliphatic rings. The quantitative estimate of drug-likeness (QED) is 0.350. The number of carbonyl (C=O) groups excluding carboxylic acids is 1. The zero-order chi connectivity index (χ0) is 9.56. The number of aldehydes is 1. The van der Waals surface area contributed by atoms with E-state index in [0.717, 1.165) is 6.29 Å². The predicted molar refractivity (Wildman–Crippen MR) is 49.7 cm³/mol. The van der Waals surface area contributed by atoms with Gasteiger partial charge in [-0.15, -0.1) is 0 Å². The Hall–Kier alpha value is -1.06. The first kappa shape index (κ1) is 10.9. The molecular weight excluding hydrogens is 154 g/mol. The average Bonchev–Trinajstić information content (AvgIpc) is 2.00. The third-order valence-electron chi connectivity index (χ3n) is 2.00. The topological polar surface area (TPSA) is 81.5 Å². The molecule has 2 unspecified atom stereocenters. The van der Waals surface area contributed by atoms with Crippen LogP contribution < -0.4 is 11.5 Å². The van der Waals surface area contributed by atoms with Gasteiger partial charge in [-0.25, -0.2) is 0 Å². The summed E-state index contributed by atoms with van der Waals surface area (Å²) in [5, 5.41) is 0. The molecule has 2 atom stereocenters. The van der Waals surface area contributed by atoms with Gasteiger partial charge in [-0.1, -0.05) is 13.8 Å². The molecule has 0 fully saturated rings. The molecule has 4 N–H and O–H groups in total. The fraction of sp³-hybridized carbons (Fsp3) is 0.750. The van der Waals surface area contributed by atoms with Gasteiger partial charge in [0.05, 0.1) is 0 Å². The number of hydrogen-bond donors (Lipinski definition) is 2. The summed E-state index contributed by atoms with van der Waals surface area (Å²) in [5.41, 5.74) is 10.3. The molecular formula is C8H17N3O. The first-order chi connectivity index (χ1) is 5.57. The molecule has 0 saturated heterocycles. The summed E-state index contributed by atoms with van der Waals surface area (Å²) in [6.07, 6.45) is 1.50. The van der Waals surface area contributed by atoms with Crippen LogP contribution in [0.2, 0.25) is 0 Å². The minimum atomic E-state index is 0.111. The van der Waals surface area contributed by atoms with Gasteiger partial charge in [-0.05, 0) is 11.8 Å². The summed E-state index contributed by atoms with van der Waals surface area (Å²) in [5.74, 6) is 0.794. The lowest BCUT2D eigenvalue weighted by molar-refractivity contribution is -0.108. The molecule has 0 aromatic heterocycles. The van der Waals surface area contributed by atoms with Crippen LogP contribution in [-0.2, 0) is 4.79 Å². The van der Waals surface area contributed by atoms with Crippen molar-refractivity contribution in [3.05, 3.63) is 0 Å². The molecule has 4 heteroatoms. The van der Waals surface area contributed by atoms with E-state index in [9.17, 15) is 4.79 Å². The van der Waals surface area contributed by atoms with E-state index in [2.05, 4.69) is 4.99 Å². The third kappa shape index (κ3) is 4.71. The Morgan fingerprint density at radius 2 is 2.00 bits per heavy atom. The zero-order valence-corrected chi connectivity index (χ0v) is 7.66. The van der Waals surface area contributed by atoms with E-state index < -0.39 is 0 Å². The van der Waals surface area contributed by atoms with E-state index in [4.69, 9.17) is 11.5 Å². The number of nitrogens with two attached hydrogens (primary N) is 2. The highest BCUT2D eigenvalue weighted by atomic mass is 16.1. The van der Waals surface area contributed by atoms with Gasteiger partial charge < -0.3 is 16.3 Å². The van der Waals surface area contributed by atoms with E-state index in [-0.39, 0.29) is 5.96 Å². The van der Waals surface area contributed by atoms with E-state index in [1.165, 1.54) is 0 Å². The van der Waals surface area contributed by atoms with Crippen molar-refractivity contribution in [3.8, 4) is 0 Å². The van der Waals surface area contributed by atoms with Crippen molar-refractivity contribution < 1.29 is 4.79 Å². The average molecular weight is 171 g/mol. The lowest BCUT2D eigenvalue weighted by Gasteiger charge is -2.14. The van der Waals surface area contributed by atoms with Crippen LogP contribution in [0.15, 0.2) is 4.99 Å². The predicted octanol–water partition coefficient (Wildman–Crippen LogP) is 0.121. The third-order valence-corrected chi connectivity index (χ3v) is 2.00. The van der Waals surface area contributed by atoms with Crippen LogP contribution in [0.4, 0.5) is 0 Å². The maximum absolute atomic E-state index is 10.2. The van der Waals surface area contributed by atoms with Gasteiger partial charge in [0.15, 0.2) is 5.96 Å². The van der Waals surface area contributed by atoms with E-state index in [1.807, 2.05) is 13.8 Å². The number of aliphatic imine (C=N–C) groups is 1. The van der Waals surface area contributed by atoms with Gasteiger partial charge in [-0.2, -0.15) is 0 Å². The van der Waals surface area contributed by atoms with Crippen LogP contribution in [-0.4, -0.2) is 18.8 Å². The van der Waals surface area contributed by atoms with E-state index in [1.54, 1.807) is 0 Å². The molecule has 0 aliphatic heterocycles. The molecule has 0 aliphatic carbocycles. The van der Waals surface area contributed by atoms with Gasteiger partial charge in [0.25, 0.3) is 0 Å². The summed E-state index contributed by atoms with van der Waals surface area (Å²) < 4.78 is 0. The van der Waals surface area contributed by atoms with E-state index >= 15 is 0 Å². The minimum absolute atomic E-state index is 0.111. The second-order valence-corrected chi connectivity index (χ2v) is 3.12. The van der Waals surface area contributed by atoms with Crippen LogP contribution in [0.5, 0.6) is 0 Å². The Morgan fingerprint density at radius 1 is 1.42 bits per heavy atom. The monoisotopic (exact) mass is 171 g/mol. The van der Waals surface area contributed by atoms with E-state index in [0.29, 0.717) is 24.8 Å². The number of guanidine groups is 1. The summed E-state index contributed by atoms with van der Waals surface area (Å²) in [7, 11) is 0. The standard InChI is InChI=1S/C8H17N3O/c1-6(3-4-12)7(2)5-11-8(9)10/h4,6-7H,3,5H2,1-2H3,(H4,9,10,11). The van der Waals surface area contributed by atoms with Gasteiger partial charge in [-0.3, -0.25) is 4.99 Å². The molecule has 0 amide bonds. The molecule has 0 radical (unpaired) electrons. The highest BCUT2D eigenvalue weighted by Gasteiger charge is 2.10. The molecule has 0 spiro atoms. The Kier molecular flexibility index (Phi) is 5.08. The number of hydrogen-bond acceptors (Lipinski definition) is 2. The number of rotatable bonds is 5. The summed E-state index contributed by atoms with van der Waals surface area (Å²) >= 11 is 0. The molecule has 4 nitrogen and oxygen atoms in total. The molecule has 0 heterocycles. The van der Waals surface area contributed by atoms with Crippen molar-refractivity contribution in [1.82, 2.24) is 0 Å². The largest absolute Gasteiger partial charge is 0.370 e. The van der Waals surface area contributed by atoms with Crippen LogP contribution in [0.1, 0.15) is 20.3 Å². The van der Waals surface area contributed by atoms with Crippen molar-refractivity contribution in [2.45, 2.75) is 20.3 Å². The van der Waals surface area contributed by atoms with Crippen LogP contribution in [0.25, 0.3) is 0 Å². The van der Waals surface area contributed by atoms with Gasteiger partial charge >= 0.3 is 0 Å². The molecule has 70 valence electrons. The van der Waals surface area contributed by atoms with Crippen molar-refractivity contribution in [2.24, 2.45) is 28.3 Å². The minimum Gasteiger partial charge on any atom is -0.370 e. The highest BCUT2D eigenvalue weighted by molar-refractivity contribution is 5.75. The zero-order valence-electron chi connectivity index (χ0n) is 7.66. The van der Waals surface area contributed by atoms with Crippen molar-refractivity contribution >= 4 is 12.2 Å². The molecule has 0 aromatic rings. The lowest BCUT2D eigenvalue weighted by atomic mass is 9.94. The van der Waals surface area contributed by atoms with Gasteiger partial charge in [0.2, 0.25) is 0 Å². The van der Waals surface area contributed by atoms with Gasteiger partial charge in [0.1, 0.15) is 6.29 Å². The fourth-order valence-electron chi connectivity index (χ4n) is 0.813. The summed E-state index contributed by atoms with van der Waals surface area (Å²) in [6, 6.07) is 0. The SMILES string of the molecule is CC(CC=O)C(C)CN=C(N)N. The number of carbonyl (C=O) groups is 1. The lowest BCUT2D eigenvalue weighted by Crippen LogP contribution is -2.24. The molecule has 0 bridgehead atoms. The summed E-state index contributed by atoms with van der Waals surface area (Å²) in [4.78, 5) is 14.1. The first-order valence-corrected chi connectivity index (χ1v) is 4.07. The maximum Gasteiger partial charge on any atom is 0.185 e. The van der Waals surface area contributed by atoms with Crippen LogP contribution >= 0.6 is 0 Å². The molecule has 0 aromatic carbocycles. The van der Waals surface area contributed by atoms with Crippen molar-refractivity contribution in [1.29, 1.82) is 0 Å². The number of nitrogens with zero attached hydrogens (tertiary/aromatic N) is 1. The Morgan fingerprint density at radius 3 is 2.42 bits per heavy atom. The summed E-state index contributed by atoms with van der Waals surface area (Å²) in [6.45, 7) is 4.64. The first-order valence-electron chi connectivity index (χ1n) is 4.07. The maximum atomic E-state index is 10.2.